The highest BCUT2D eigenvalue weighted by molar-refractivity contribution is 6.30. The van der Waals surface area contributed by atoms with Crippen molar-refractivity contribution in [1.82, 2.24) is 15.3 Å². The van der Waals surface area contributed by atoms with E-state index in [0.29, 0.717) is 18.8 Å². The number of benzene rings is 1. The summed E-state index contributed by atoms with van der Waals surface area (Å²) in [5, 5.41) is 2.56. The van der Waals surface area contributed by atoms with Gasteiger partial charge in [0.2, 0.25) is 0 Å². The molecule has 0 aliphatic rings. The van der Waals surface area contributed by atoms with Crippen LogP contribution in [0.1, 0.15) is 41.5 Å². The Morgan fingerprint density at radius 1 is 1.25 bits per heavy atom. The van der Waals surface area contributed by atoms with Gasteiger partial charge in [-0.25, -0.2) is 9.97 Å². The molecule has 1 amide bonds. The number of aliphatic imine (C=N–C) groups is 1. The van der Waals surface area contributed by atoms with Gasteiger partial charge >= 0.3 is 0 Å². The van der Waals surface area contributed by atoms with Crippen molar-refractivity contribution in [3.05, 3.63) is 46.4 Å². The minimum absolute atomic E-state index is 0.00367. The molecule has 2 aromatic rings. The first-order chi connectivity index (χ1) is 13.4. The number of aromatic nitrogens is 2. The van der Waals surface area contributed by atoms with Gasteiger partial charge in [-0.1, -0.05) is 23.7 Å². The largest absolute Gasteiger partial charge is 0.494 e. The van der Waals surface area contributed by atoms with Gasteiger partial charge in [-0.2, -0.15) is 0 Å². The van der Waals surface area contributed by atoms with E-state index in [1.165, 1.54) is 5.56 Å². The van der Waals surface area contributed by atoms with Crippen molar-refractivity contribution < 1.29 is 9.53 Å². The Hall–Kier alpha value is -2.87. The molecule has 0 saturated carbocycles. The number of nitrogens with two attached hydrogens (primary N) is 2. The first-order valence-corrected chi connectivity index (χ1v) is 9.41. The fraction of sp³-hybridized carbons (Fsp3) is 0.368. The van der Waals surface area contributed by atoms with Gasteiger partial charge in [-0.05, 0) is 50.8 Å². The number of unbranched alkanes of at least 4 members (excludes halogenated alkanes) is 1. The monoisotopic (exact) mass is 404 g/mol. The molecule has 0 bridgehead atoms. The molecular weight excluding hydrogens is 380 g/mol. The maximum atomic E-state index is 12.2. The van der Waals surface area contributed by atoms with E-state index in [4.69, 9.17) is 27.8 Å². The molecule has 2 rings (SSSR count). The van der Waals surface area contributed by atoms with Gasteiger partial charge in [-0.3, -0.25) is 15.1 Å². The molecule has 0 unspecified atom stereocenters. The van der Waals surface area contributed by atoms with E-state index >= 15 is 0 Å². The summed E-state index contributed by atoms with van der Waals surface area (Å²) in [5.41, 5.74) is 13.1. The van der Waals surface area contributed by atoms with Crippen LogP contribution in [0.3, 0.4) is 0 Å². The third-order valence-corrected chi connectivity index (χ3v) is 4.24. The fourth-order valence-electron chi connectivity index (χ4n) is 2.46. The molecule has 1 heterocycles. The van der Waals surface area contributed by atoms with Crippen molar-refractivity contribution in [2.45, 2.75) is 33.1 Å². The Morgan fingerprint density at radius 3 is 2.64 bits per heavy atom. The number of amides is 1. The number of carbonyl (C=O) groups excluding carboxylic acids is 1. The molecule has 0 aliphatic carbocycles. The van der Waals surface area contributed by atoms with Crippen LogP contribution in [0.15, 0.2) is 29.3 Å². The number of rotatable bonds is 8. The highest BCUT2D eigenvalue weighted by Crippen LogP contribution is 2.15. The van der Waals surface area contributed by atoms with Gasteiger partial charge < -0.3 is 16.2 Å². The number of nitrogen functional groups attached to an aromatic ring is 1. The van der Waals surface area contributed by atoms with E-state index in [0.717, 1.165) is 25.0 Å². The molecule has 1 aromatic heterocycles. The summed E-state index contributed by atoms with van der Waals surface area (Å²) in [6, 6.07) is 8.05. The van der Waals surface area contributed by atoms with Crippen LogP contribution in [0, 0.1) is 6.92 Å². The van der Waals surface area contributed by atoms with Crippen LogP contribution in [0.2, 0.25) is 5.15 Å². The van der Waals surface area contributed by atoms with Gasteiger partial charge in [-0.15, -0.1) is 0 Å². The zero-order valence-electron chi connectivity index (χ0n) is 16.0. The van der Waals surface area contributed by atoms with E-state index in [1.54, 1.807) is 6.92 Å². The second-order valence-electron chi connectivity index (χ2n) is 6.09. The number of nitrogens with zero attached hydrogens (tertiary/aromatic N) is 3. The maximum absolute atomic E-state index is 12.2. The van der Waals surface area contributed by atoms with Crippen LogP contribution in [-0.2, 0) is 6.42 Å². The van der Waals surface area contributed by atoms with Gasteiger partial charge in [0, 0.05) is 6.54 Å². The van der Waals surface area contributed by atoms with Gasteiger partial charge in [0.15, 0.2) is 22.6 Å². The topological polar surface area (TPSA) is 129 Å². The summed E-state index contributed by atoms with van der Waals surface area (Å²) in [5.74, 6) is 0.272. The van der Waals surface area contributed by atoms with Crippen LogP contribution in [0.25, 0.3) is 0 Å². The maximum Gasteiger partial charge on any atom is 0.280 e. The zero-order chi connectivity index (χ0) is 20.5. The van der Waals surface area contributed by atoms with E-state index in [1.807, 2.05) is 19.1 Å². The molecule has 1 aromatic carbocycles. The lowest BCUT2D eigenvalue weighted by atomic mass is 10.1. The second-order valence-corrected chi connectivity index (χ2v) is 6.45. The molecule has 0 radical (unpaired) electrons. The van der Waals surface area contributed by atoms with Crippen LogP contribution >= 0.6 is 11.6 Å². The lowest BCUT2D eigenvalue weighted by molar-refractivity contribution is 0.0972. The number of hydrogen-bond acceptors (Lipinski definition) is 6. The van der Waals surface area contributed by atoms with E-state index < -0.39 is 5.91 Å². The number of guanidine groups is 1. The van der Waals surface area contributed by atoms with Crippen molar-refractivity contribution in [3.63, 3.8) is 0 Å². The van der Waals surface area contributed by atoms with E-state index in [-0.39, 0.29) is 22.6 Å². The second kappa shape index (κ2) is 10.5. The molecule has 9 heteroatoms. The first kappa shape index (κ1) is 21.4. The van der Waals surface area contributed by atoms with E-state index in [2.05, 4.69) is 32.4 Å². The van der Waals surface area contributed by atoms with Crippen molar-refractivity contribution in [2.24, 2.45) is 10.7 Å². The van der Waals surface area contributed by atoms with Crippen molar-refractivity contribution in [3.8, 4) is 5.75 Å². The number of aryl methyl sites for hydroxylation is 2. The highest BCUT2D eigenvalue weighted by Gasteiger charge is 2.16. The quantitative estimate of drug-likeness (QED) is 0.352. The summed E-state index contributed by atoms with van der Waals surface area (Å²) < 4.78 is 5.42. The molecule has 0 saturated heterocycles. The molecule has 5 N–H and O–H groups in total. The highest BCUT2D eigenvalue weighted by atomic mass is 35.5. The summed E-state index contributed by atoms with van der Waals surface area (Å²) in [6.45, 7) is 4.77. The number of nitrogens with one attached hydrogen (secondary N) is 1. The molecule has 0 aliphatic heterocycles. The zero-order valence-corrected chi connectivity index (χ0v) is 16.8. The van der Waals surface area contributed by atoms with E-state index in [9.17, 15) is 4.79 Å². The Bertz CT molecular complexity index is 839. The molecular formula is C19H25ClN6O2. The predicted molar refractivity (Wildman–Crippen MR) is 111 cm³/mol. The lowest BCUT2D eigenvalue weighted by Crippen LogP contribution is -2.38. The van der Waals surface area contributed by atoms with Crippen molar-refractivity contribution >= 4 is 29.3 Å². The van der Waals surface area contributed by atoms with Crippen molar-refractivity contribution in [1.29, 1.82) is 0 Å². The molecule has 0 atom stereocenters. The molecule has 0 spiro atoms. The predicted octanol–water partition coefficient (Wildman–Crippen LogP) is 2.49. The van der Waals surface area contributed by atoms with Crippen molar-refractivity contribution in [2.75, 3.05) is 18.9 Å². The molecule has 0 fully saturated rings. The first-order valence-electron chi connectivity index (χ1n) is 9.03. The average molecular weight is 405 g/mol. The van der Waals surface area contributed by atoms with Crippen LogP contribution in [-0.4, -0.2) is 35.0 Å². The third-order valence-electron chi connectivity index (χ3n) is 3.89. The molecule has 8 nitrogen and oxygen atoms in total. The number of hydrogen-bond donors (Lipinski definition) is 3. The molecule has 150 valence electrons. The SMILES string of the molecule is CCOc1ccc(CCCCN=C(N)NC(=O)c2nc(Cl)c(C)nc2N)cc1. The standard InChI is InChI=1S/C19H25ClN6O2/c1-3-28-14-9-7-13(8-10-14)6-4-5-11-23-19(22)26-18(27)15-17(21)24-12(2)16(20)25-15/h7-10H,3-6,11H2,1-2H3,(H2,21,24)(H3,22,23,26,27). The summed E-state index contributed by atoms with van der Waals surface area (Å²) in [6.07, 6.45) is 2.72. The number of ether oxygens (including phenoxy) is 1. The summed E-state index contributed by atoms with van der Waals surface area (Å²) in [7, 11) is 0. The Balaban J connectivity index is 1.76. The summed E-state index contributed by atoms with van der Waals surface area (Å²) >= 11 is 5.88. The fourth-order valence-corrected chi connectivity index (χ4v) is 2.58. The number of carbonyl (C=O) groups is 1. The van der Waals surface area contributed by atoms with Gasteiger partial charge in [0.1, 0.15) is 5.75 Å². The van der Waals surface area contributed by atoms with Crippen LogP contribution < -0.4 is 21.5 Å². The number of halogens is 1. The Morgan fingerprint density at radius 2 is 1.96 bits per heavy atom. The minimum atomic E-state index is -0.595. The average Bonchev–Trinajstić information content (AvgIpc) is 2.66. The molecule has 28 heavy (non-hydrogen) atoms. The number of anilines is 1. The summed E-state index contributed by atoms with van der Waals surface area (Å²) in [4.78, 5) is 24.2. The smallest absolute Gasteiger partial charge is 0.280 e. The Kier molecular flexibility index (Phi) is 8.01. The third kappa shape index (κ3) is 6.38. The Labute approximate surface area is 169 Å². The minimum Gasteiger partial charge on any atom is -0.494 e. The van der Waals surface area contributed by atoms with Crippen LogP contribution in [0.5, 0.6) is 5.75 Å². The van der Waals surface area contributed by atoms with Crippen LogP contribution in [0.4, 0.5) is 5.82 Å². The normalized spacial score (nSPS) is 11.3. The lowest BCUT2D eigenvalue weighted by Gasteiger charge is -2.07. The van der Waals surface area contributed by atoms with Gasteiger partial charge in [0.25, 0.3) is 5.91 Å². The van der Waals surface area contributed by atoms with Gasteiger partial charge in [0.05, 0.1) is 12.3 Å².